The standard InChI is InChI=1S/C22H15NO2/c24-21-17-13-7-8-14-18(17)22(25)19(21)20(15-9-3-1-4-10-15)23-16-11-5-2-6-12-16/h1-14,19H. The summed E-state index contributed by atoms with van der Waals surface area (Å²) in [5.74, 6) is -1.25. The van der Waals surface area contributed by atoms with Gasteiger partial charge in [0.2, 0.25) is 0 Å². The van der Waals surface area contributed by atoms with E-state index in [-0.39, 0.29) is 11.6 Å². The SMILES string of the molecule is O=C1c2ccccc2C(=O)C1C(=Nc1ccccc1)c1ccccc1. The van der Waals surface area contributed by atoms with Gasteiger partial charge in [0.15, 0.2) is 11.6 Å². The first kappa shape index (κ1) is 15.2. The van der Waals surface area contributed by atoms with Crippen LogP contribution in [0.1, 0.15) is 26.3 Å². The van der Waals surface area contributed by atoms with Gasteiger partial charge in [0.25, 0.3) is 0 Å². The predicted octanol–water partition coefficient (Wildman–Crippen LogP) is 4.50. The first-order valence-corrected chi connectivity index (χ1v) is 8.12. The predicted molar refractivity (Wildman–Crippen MR) is 97.7 cm³/mol. The summed E-state index contributed by atoms with van der Waals surface area (Å²) in [7, 11) is 0. The molecule has 1 aliphatic rings. The van der Waals surface area contributed by atoms with Crippen molar-refractivity contribution in [1.82, 2.24) is 0 Å². The molecule has 3 heteroatoms. The Morgan fingerprint density at radius 3 is 1.68 bits per heavy atom. The number of carbonyl (C=O) groups excluding carboxylic acids is 2. The second-order valence-electron chi connectivity index (χ2n) is 5.91. The van der Waals surface area contributed by atoms with Crippen molar-refractivity contribution in [2.75, 3.05) is 0 Å². The minimum Gasteiger partial charge on any atom is -0.293 e. The molecule has 0 N–H and O–H groups in total. The van der Waals surface area contributed by atoms with Crippen LogP contribution >= 0.6 is 0 Å². The molecule has 1 aliphatic carbocycles. The largest absolute Gasteiger partial charge is 0.293 e. The topological polar surface area (TPSA) is 46.5 Å². The lowest BCUT2D eigenvalue weighted by molar-refractivity contribution is 0.0884. The van der Waals surface area contributed by atoms with Crippen molar-refractivity contribution in [3.8, 4) is 0 Å². The summed E-state index contributed by atoms with van der Waals surface area (Å²) >= 11 is 0. The van der Waals surface area contributed by atoms with Gasteiger partial charge in [-0.1, -0.05) is 72.8 Å². The smallest absolute Gasteiger partial charge is 0.180 e. The lowest BCUT2D eigenvalue weighted by Gasteiger charge is -2.12. The van der Waals surface area contributed by atoms with E-state index in [0.717, 1.165) is 11.3 Å². The Kier molecular flexibility index (Phi) is 3.82. The van der Waals surface area contributed by atoms with Crippen LogP contribution in [0.4, 0.5) is 5.69 Å². The molecule has 0 fully saturated rings. The van der Waals surface area contributed by atoms with Gasteiger partial charge in [-0.25, -0.2) is 0 Å². The number of rotatable bonds is 3. The molecule has 3 nitrogen and oxygen atoms in total. The number of fused-ring (bicyclic) bond motifs is 1. The Morgan fingerprint density at radius 1 is 0.640 bits per heavy atom. The van der Waals surface area contributed by atoms with Gasteiger partial charge in [-0.3, -0.25) is 14.6 Å². The van der Waals surface area contributed by atoms with Gasteiger partial charge in [0.05, 0.1) is 11.4 Å². The Hall–Kier alpha value is -3.33. The number of aliphatic imine (C=N–C) groups is 1. The van der Waals surface area contributed by atoms with Gasteiger partial charge in [-0.2, -0.15) is 0 Å². The number of ketones is 2. The van der Waals surface area contributed by atoms with Crippen LogP contribution in [0.15, 0.2) is 89.9 Å². The second kappa shape index (κ2) is 6.29. The van der Waals surface area contributed by atoms with Crippen LogP contribution < -0.4 is 0 Å². The van der Waals surface area contributed by atoms with E-state index in [1.807, 2.05) is 60.7 Å². The fourth-order valence-electron chi connectivity index (χ4n) is 3.14. The number of benzene rings is 3. The number of nitrogens with zero attached hydrogens (tertiary/aromatic N) is 1. The summed E-state index contributed by atoms with van der Waals surface area (Å²) in [6.45, 7) is 0. The van der Waals surface area contributed by atoms with Crippen LogP contribution in [-0.2, 0) is 0 Å². The Bertz CT molecular complexity index is 940. The van der Waals surface area contributed by atoms with E-state index in [1.54, 1.807) is 24.3 Å². The highest BCUT2D eigenvalue weighted by Gasteiger charge is 2.41. The van der Waals surface area contributed by atoms with Crippen LogP contribution in [0.2, 0.25) is 0 Å². The number of hydrogen-bond donors (Lipinski definition) is 0. The lowest BCUT2D eigenvalue weighted by atomic mass is 9.92. The van der Waals surface area contributed by atoms with Gasteiger partial charge in [-0.05, 0) is 17.7 Å². The summed E-state index contributed by atoms with van der Waals surface area (Å²) in [5, 5.41) is 0. The molecule has 25 heavy (non-hydrogen) atoms. The average molecular weight is 325 g/mol. The van der Waals surface area contributed by atoms with Crippen molar-refractivity contribution in [2.24, 2.45) is 10.9 Å². The summed E-state index contributed by atoms with van der Waals surface area (Å²) < 4.78 is 0. The lowest BCUT2D eigenvalue weighted by Crippen LogP contribution is -2.26. The first-order valence-electron chi connectivity index (χ1n) is 8.12. The number of carbonyl (C=O) groups is 2. The van der Waals surface area contributed by atoms with E-state index in [0.29, 0.717) is 16.8 Å². The molecule has 0 spiro atoms. The maximum absolute atomic E-state index is 12.9. The maximum Gasteiger partial charge on any atom is 0.180 e. The van der Waals surface area contributed by atoms with Crippen LogP contribution in [0.5, 0.6) is 0 Å². The molecule has 3 aromatic carbocycles. The molecule has 4 rings (SSSR count). The molecule has 0 radical (unpaired) electrons. The second-order valence-corrected chi connectivity index (χ2v) is 5.91. The van der Waals surface area contributed by atoms with Crippen LogP contribution in [0.25, 0.3) is 0 Å². The fraction of sp³-hybridized carbons (Fsp3) is 0.0455. The molecule has 0 bridgehead atoms. The van der Waals surface area contributed by atoms with Gasteiger partial charge < -0.3 is 0 Å². The van der Waals surface area contributed by atoms with E-state index in [4.69, 9.17) is 0 Å². The van der Waals surface area contributed by atoms with Crippen molar-refractivity contribution >= 4 is 23.0 Å². The summed E-state index contributed by atoms with van der Waals surface area (Å²) in [6.07, 6.45) is 0. The molecule has 0 unspecified atom stereocenters. The number of hydrogen-bond acceptors (Lipinski definition) is 3. The highest BCUT2D eigenvalue weighted by atomic mass is 16.2. The zero-order chi connectivity index (χ0) is 17.2. The molecule has 0 amide bonds. The fourth-order valence-corrected chi connectivity index (χ4v) is 3.14. The van der Waals surface area contributed by atoms with E-state index in [2.05, 4.69) is 4.99 Å². The molecule has 0 aromatic heterocycles. The minimum absolute atomic E-state index is 0.181. The summed E-state index contributed by atoms with van der Waals surface area (Å²) in [4.78, 5) is 30.5. The molecule has 0 saturated carbocycles. The molecular weight excluding hydrogens is 310 g/mol. The highest BCUT2D eigenvalue weighted by molar-refractivity contribution is 6.39. The third kappa shape index (κ3) is 2.70. The Balaban J connectivity index is 1.87. The molecule has 120 valence electrons. The van der Waals surface area contributed by atoms with E-state index in [1.165, 1.54) is 0 Å². The summed E-state index contributed by atoms with van der Waals surface area (Å²) in [6, 6.07) is 25.8. The quantitative estimate of drug-likeness (QED) is 0.525. The normalized spacial score (nSPS) is 14.6. The van der Waals surface area contributed by atoms with Gasteiger partial charge >= 0.3 is 0 Å². The highest BCUT2D eigenvalue weighted by Crippen LogP contribution is 2.31. The van der Waals surface area contributed by atoms with Crippen molar-refractivity contribution in [2.45, 2.75) is 0 Å². The third-order valence-electron chi connectivity index (χ3n) is 4.33. The van der Waals surface area contributed by atoms with E-state index < -0.39 is 5.92 Å². The Morgan fingerprint density at radius 2 is 1.12 bits per heavy atom. The van der Waals surface area contributed by atoms with Gasteiger partial charge in [-0.15, -0.1) is 0 Å². The van der Waals surface area contributed by atoms with Crippen molar-refractivity contribution < 1.29 is 9.59 Å². The first-order chi connectivity index (χ1) is 12.3. The molecule has 3 aromatic rings. The molecule has 0 atom stereocenters. The molecular formula is C22H15NO2. The van der Waals surface area contributed by atoms with Gasteiger partial charge in [0.1, 0.15) is 5.92 Å². The maximum atomic E-state index is 12.9. The van der Waals surface area contributed by atoms with Crippen molar-refractivity contribution in [3.63, 3.8) is 0 Å². The zero-order valence-electron chi connectivity index (χ0n) is 13.4. The number of Topliss-reactive ketones (excluding diaryl/α,β-unsaturated/α-hetero) is 2. The third-order valence-corrected chi connectivity index (χ3v) is 4.33. The van der Waals surface area contributed by atoms with Crippen LogP contribution in [0.3, 0.4) is 0 Å². The van der Waals surface area contributed by atoms with Crippen LogP contribution in [-0.4, -0.2) is 17.3 Å². The monoisotopic (exact) mass is 325 g/mol. The zero-order valence-corrected chi connectivity index (χ0v) is 13.4. The van der Waals surface area contributed by atoms with E-state index >= 15 is 0 Å². The van der Waals surface area contributed by atoms with Gasteiger partial charge in [0, 0.05) is 11.1 Å². The van der Waals surface area contributed by atoms with Crippen LogP contribution in [0, 0.1) is 5.92 Å². The van der Waals surface area contributed by atoms with Crippen molar-refractivity contribution in [3.05, 3.63) is 102 Å². The molecule has 0 aliphatic heterocycles. The Labute approximate surface area is 145 Å². The summed E-state index contributed by atoms with van der Waals surface area (Å²) in [5.41, 5.74) is 2.96. The molecule has 0 saturated heterocycles. The molecule has 0 heterocycles. The number of para-hydroxylation sites is 1. The average Bonchev–Trinajstić information content (AvgIpc) is 2.93. The van der Waals surface area contributed by atoms with E-state index in [9.17, 15) is 9.59 Å². The minimum atomic E-state index is -0.889. The van der Waals surface area contributed by atoms with Crippen molar-refractivity contribution in [1.29, 1.82) is 0 Å².